The van der Waals surface area contributed by atoms with Gasteiger partial charge >= 0.3 is 0 Å². The number of hydrogen-bond donors (Lipinski definition) is 1. The van der Waals surface area contributed by atoms with Crippen LogP contribution >= 0.6 is 0 Å². The highest BCUT2D eigenvalue weighted by Gasteiger charge is 2.14. The Kier molecular flexibility index (Phi) is 2.99. The summed E-state index contributed by atoms with van der Waals surface area (Å²) in [6, 6.07) is 19.2. The number of hydrogen-bond acceptors (Lipinski definition) is 2. The summed E-state index contributed by atoms with van der Waals surface area (Å²) in [5.74, 6) is -0.0219. The summed E-state index contributed by atoms with van der Waals surface area (Å²) in [4.78, 5) is 12.7. The zero-order valence-electron chi connectivity index (χ0n) is 11.3. The molecule has 20 heavy (non-hydrogen) atoms. The van der Waals surface area contributed by atoms with Crippen LogP contribution in [0.2, 0.25) is 0 Å². The van der Waals surface area contributed by atoms with Crippen LogP contribution in [0.5, 0.6) is 0 Å². The molecule has 3 aromatic rings. The number of carbonyl (C=O) groups excluding carboxylic acids is 1. The maximum Gasteiger partial charge on any atom is 0.195 e. The maximum atomic E-state index is 12.7. The summed E-state index contributed by atoms with van der Waals surface area (Å²) < 4.78 is 0. The fourth-order valence-corrected chi connectivity index (χ4v) is 2.43. The Balaban J connectivity index is 2.17. The maximum absolute atomic E-state index is 12.7. The average molecular weight is 261 g/mol. The summed E-state index contributed by atoms with van der Waals surface area (Å²) in [6.07, 6.45) is 0. The van der Waals surface area contributed by atoms with Crippen molar-refractivity contribution < 1.29 is 4.79 Å². The number of carbonyl (C=O) groups is 1. The van der Waals surface area contributed by atoms with Gasteiger partial charge in [-0.3, -0.25) is 4.79 Å². The first-order chi connectivity index (χ1) is 9.66. The molecule has 0 fully saturated rings. The van der Waals surface area contributed by atoms with E-state index in [9.17, 15) is 4.79 Å². The van der Waals surface area contributed by atoms with Crippen LogP contribution < -0.4 is 5.73 Å². The zero-order valence-corrected chi connectivity index (χ0v) is 11.3. The lowest BCUT2D eigenvalue weighted by Crippen LogP contribution is -2.07. The molecule has 0 spiro atoms. The molecule has 0 saturated carbocycles. The lowest BCUT2D eigenvalue weighted by molar-refractivity contribution is 0.103. The van der Waals surface area contributed by atoms with Crippen LogP contribution in [0, 0.1) is 6.92 Å². The monoisotopic (exact) mass is 261 g/mol. The second-order valence-corrected chi connectivity index (χ2v) is 4.93. The summed E-state index contributed by atoms with van der Waals surface area (Å²) in [5, 5.41) is 2.07. The van der Waals surface area contributed by atoms with Crippen molar-refractivity contribution in [3.8, 4) is 0 Å². The molecule has 0 aliphatic rings. The van der Waals surface area contributed by atoms with E-state index < -0.39 is 0 Å². The minimum absolute atomic E-state index is 0.0219. The van der Waals surface area contributed by atoms with Crippen molar-refractivity contribution in [2.45, 2.75) is 6.92 Å². The largest absolute Gasteiger partial charge is 0.398 e. The molecule has 2 heteroatoms. The fourth-order valence-electron chi connectivity index (χ4n) is 2.43. The predicted molar refractivity (Wildman–Crippen MR) is 83.0 cm³/mol. The minimum atomic E-state index is -0.0219. The van der Waals surface area contributed by atoms with Crippen LogP contribution in [0.3, 0.4) is 0 Å². The van der Waals surface area contributed by atoms with Gasteiger partial charge in [0.1, 0.15) is 0 Å². The Morgan fingerprint density at radius 3 is 2.15 bits per heavy atom. The van der Waals surface area contributed by atoms with E-state index in [1.54, 1.807) is 0 Å². The van der Waals surface area contributed by atoms with E-state index in [4.69, 9.17) is 5.73 Å². The third-order valence-corrected chi connectivity index (χ3v) is 3.55. The van der Waals surface area contributed by atoms with E-state index in [1.807, 2.05) is 67.6 Å². The van der Waals surface area contributed by atoms with Gasteiger partial charge in [0.05, 0.1) is 0 Å². The number of fused-ring (bicyclic) bond motifs is 1. The van der Waals surface area contributed by atoms with Crippen molar-refractivity contribution in [1.82, 2.24) is 0 Å². The normalized spacial score (nSPS) is 10.7. The number of aryl methyl sites for hydroxylation is 1. The van der Waals surface area contributed by atoms with E-state index in [0.29, 0.717) is 16.8 Å². The van der Waals surface area contributed by atoms with E-state index >= 15 is 0 Å². The Bertz CT molecular complexity index is 805. The van der Waals surface area contributed by atoms with Gasteiger partial charge in [0.15, 0.2) is 5.78 Å². The molecule has 3 aromatic carbocycles. The molecule has 0 aliphatic carbocycles. The Morgan fingerprint density at radius 1 is 0.850 bits per heavy atom. The molecular formula is C18H15NO. The molecule has 98 valence electrons. The highest BCUT2D eigenvalue weighted by Crippen LogP contribution is 2.25. The fraction of sp³-hybridized carbons (Fsp3) is 0.0556. The first-order valence-electron chi connectivity index (χ1n) is 6.55. The number of benzene rings is 3. The number of rotatable bonds is 2. The van der Waals surface area contributed by atoms with Gasteiger partial charge < -0.3 is 5.73 Å². The summed E-state index contributed by atoms with van der Waals surface area (Å²) in [6.45, 7) is 1.93. The standard InChI is InChI=1S/C18H15NO/c1-12-6-2-5-9-15(12)18(20)16-10-13-7-3-4-8-14(13)11-17(16)19/h2-11H,19H2,1H3. The first kappa shape index (κ1) is 12.4. The van der Waals surface area contributed by atoms with Gasteiger partial charge in [-0.2, -0.15) is 0 Å². The van der Waals surface area contributed by atoms with Crippen LogP contribution in [-0.2, 0) is 0 Å². The van der Waals surface area contributed by atoms with Crippen LogP contribution in [-0.4, -0.2) is 5.78 Å². The van der Waals surface area contributed by atoms with Gasteiger partial charge in [0, 0.05) is 16.8 Å². The Labute approximate surface area is 117 Å². The molecule has 0 aromatic heterocycles. The van der Waals surface area contributed by atoms with Crippen molar-refractivity contribution in [2.75, 3.05) is 5.73 Å². The van der Waals surface area contributed by atoms with E-state index in [2.05, 4.69) is 0 Å². The first-order valence-corrected chi connectivity index (χ1v) is 6.55. The molecular weight excluding hydrogens is 246 g/mol. The summed E-state index contributed by atoms with van der Waals surface area (Å²) in [5.41, 5.74) is 8.81. The third-order valence-electron chi connectivity index (χ3n) is 3.55. The summed E-state index contributed by atoms with van der Waals surface area (Å²) in [7, 11) is 0. The van der Waals surface area contributed by atoms with Gasteiger partial charge in [0.25, 0.3) is 0 Å². The number of ketones is 1. The van der Waals surface area contributed by atoms with E-state index in [0.717, 1.165) is 16.3 Å². The topological polar surface area (TPSA) is 43.1 Å². The van der Waals surface area contributed by atoms with Gasteiger partial charge in [-0.15, -0.1) is 0 Å². The molecule has 0 bridgehead atoms. The quantitative estimate of drug-likeness (QED) is 0.560. The molecule has 0 aliphatic heterocycles. The SMILES string of the molecule is Cc1ccccc1C(=O)c1cc2ccccc2cc1N. The molecule has 0 heterocycles. The van der Waals surface area contributed by atoms with Crippen molar-refractivity contribution >= 4 is 22.2 Å². The molecule has 0 atom stereocenters. The average Bonchev–Trinajstić information content (AvgIpc) is 2.46. The van der Waals surface area contributed by atoms with Crippen LogP contribution in [0.15, 0.2) is 60.7 Å². The van der Waals surface area contributed by atoms with Gasteiger partial charge in [-0.1, -0.05) is 48.5 Å². The molecule has 0 saturated heterocycles. The second-order valence-electron chi connectivity index (χ2n) is 4.93. The zero-order chi connectivity index (χ0) is 14.1. The Morgan fingerprint density at radius 2 is 1.45 bits per heavy atom. The minimum Gasteiger partial charge on any atom is -0.398 e. The van der Waals surface area contributed by atoms with E-state index in [-0.39, 0.29) is 5.78 Å². The van der Waals surface area contributed by atoms with Crippen molar-refractivity contribution in [2.24, 2.45) is 0 Å². The number of anilines is 1. The van der Waals surface area contributed by atoms with Gasteiger partial charge in [-0.05, 0) is 35.4 Å². The van der Waals surface area contributed by atoms with E-state index in [1.165, 1.54) is 0 Å². The van der Waals surface area contributed by atoms with Crippen LogP contribution in [0.1, 0.15) is 21.5 Å². The van der Waals surface area contributed by atoms with Crippen molar-refractivity contribution in [1.29, 1.82) is 0 Å². The molecule has 0 unspecified atom stereocenters. The second kappa shape index (κ2) is 4.82. The van der Waals surface area contributed by atoms with Gasteiger partial charge in [-0.25, -0.2) is 0 Å². The summed E-state index contributed by atoms with van der Waals surface area (Å²) >= 11 is 0. The smallest absolute Gasteiger partial charge is 0.195 e. The highest BCUT2D eigenvalue weighted by atomic mass is 16.1. The predicted octanol–water partition coefficient (Wildman–Crippen LogP) is 3.96. The highest BCUT2D eigenvalue weighted by molar-refractivity contribution is 6.14. The van der Waals surface area contributed by atoms with Crippen molar-refractivity contribution in [3.63, 3.8) is 0 Å². The van der Waals surface area contributed by atoms with Crippen LogP contribution in [0.4, 0.5) is 5.69 Å². The van der Waals surface area contributed by atoms with Crippen LogP contribution in [0.25, 0.3) is 10.8 Å². The van der Waals surface area contributed by atoms with Gasteiger partial charge in [0.2, 0.25) is 0 Å². The molecule has 2 nitrogen and oxygen atoms in total. The van der Waals surface area contributed by atoms with Crippen molar-refractivity contribution in [3.05, 3.63) is 77.4 Å². The lowest BCUT2D eigenvalue weighted by atomic mass is 9.96. The Hall–Kier alpha value is -2.61. The molecule has 2 N–H and O–H groups in total. The number of nitrogen functional groups attached to an aromatic ring is 1. The lowest BCUT2D eigenvalue weighted by Gasteiger charge is -2.09. The molecule has 0 amide bonds. The molecule has 3 rings (SSSR count). The number of nitrogens with two attached hydrogens (primary N) is 1. The molecule has 0 radical (unpaired) electrons. The third kappa shape index (κ3) is 2.05.